The fourth-order valence-corrected chi connectivity index (χ4v) is 2.55. The van der Waals surface area contributed by atoms with Gasteiger partial charge in [-0.3, -0.25) is 4.79 Å². The first kappa shape index (κ1) is 12.6. The summed E-state index contributed by atoms with van der Waals surface area (Å²) in [4.78, 5) is 11.5. The predicted octanol–water partition coefficient (Wildman–Crippen LogP) is 0.368. The zero-order chi connectivity index (χ0) is 11.6. The van der Waals surface area contributed by atoms with E-state index in [0.717, 1.165) is 5.41 Å². The number of thiol groups is 1. The van der Waals surface area contributed by atoms with Crippen LogP contribution in [0.15, 0.2) is 11.5 Å². The van der Waals surface area contributed by atoms with Crippen molar-refractivity contribution in [2.24, 2.45) is 5.92 Å². The Morgan fingerprint density at radius 1 is 1.53 bits per heavy atom. The summed E-state index contributed by atoms with van der Waals surface area (Å²) in [5, 5.41) is 3.37. The molecule has 0 aromatic rings. The van der Waals surface area contributed by atoms with Crippen LogP contribution in [-0.2, 0) is 14.6 Å². The maximum atomic E-state index is 11.5. The summed E-state index contributed by atoms with van der Waals surface area (Å²) >= 11 is 4.15. The molecule has 1 heterocycles. The first-order chi connectivity index (χ1) is 6.82. The Hall–Kier alpha value is -0.490. The molecule has 2 unspecified atom stereocenters. The van der Waals surface area contributed by atoms with Crippen molar-refractivity contribution < 1.29 is 13.2 Å². The molecule has 0 fully saturated rings. The van der Waals surface area contributed by atoms with Crippen molar-refractivity contribution in [3.05, 3.63) is 11.5 Å². The van der Waals surface area contributed by atoms with E-state index in [1.54, 1.807) is 0 Å². The maximum absolute atomic E-state index is 11.5. The second-order valence-electron chi connectivity index (χ2n) is 3.96. The van der Waals surface area contributed by atoms with Crippen LogP contribution in [0.1, 0.15) is 13.8 Å². The van der Waals surface area contributed by atoms with Gasteiger partial charge in [-0.15, -0.1) is 0 Å². The van der Waals surface area contributed by atoms with Crippen LogP contribution in [0.3, 0.4) is 0 Å². The molecular weight excluding hydrogens is 234 g/mol. The number of sulfone groups is 1. The molecule has 15 heavy (non-hydrogen) atoms. The highest BCUT2D eigenvalue weighted by atomic mass is 32.2. The smallest absolute Gasteiger partial charge is 0.233 e. The van der Waals surface area contributed by atoms with Crippen molar-refractivity contribution >= 4 is 28.4 Å². The number of nitrogens with one attached hydrogen (secondary N) is 1. The highest BCUT2D eigenvalue weighted by Gasteiger charge is 2.26. The highest BCUT2D eigenvalue weighted by molar-refractivity contribution is 7.94. The monoisotopic (exact) mass is 249 g/mol. The van der Waals surface area contributed by atoms with Gasteiger partial charge in [0, 0.05) is 5.41 Å². The summed E-state index contributed by atoms with van der Waals surface area (Å²) in [6.07, 6.45) is 1.49. The van der Waals surface area contributed by atoms with E-state index in [0.29, 0.717) is 0 Å². The molecule has 1 aliphatic rings. The predicted molar refractivity (Wildman–Crippen MR) is 62.5 cm³/mol. The lowest BCUT2D eigenvalue weighted by molar-refractivity contribution is -0.121. The molecule has 6 heteroatoms. The van der Waals surface area contributed by atoms with Gasteiger partial charge >= 0.3 is 0 Å². The van der Waals surface area contributed by atoms with Gasteiger partial charge in [-0.1, -0.05) is 13.8 Å². The van der Waals surface area contributed by atoms with Gasteiger partial charge in [-0.2, -0.15) is 12.6 Å². The normalized spacial score (nSPS) is 25.5. The van der Waals surface area contributed by atoms with E-state index in [1.165, 1.54) is 6.08 Å². The number of hydrogen-bond donors (Lipinski definition) is 2. The fraction of sp³-hybridized carbons (Fsp3) is 0.667. The van der Waals surface area contributed by atoms with Crippen LogP contribution in [-0.4, -0.2) is 31.4 Å². The van der Waals surface area contributed by atoms with Gasteiger partial charge in [-0.25, -0.2) is 8.42 Å². The highest BCUT2D eigenvalue weighted by Crippen LogP contribution is 2.12. The third-order valence-electron chi connectivity index (χ3n) is 2.16. The largest absolute Gasteiger partial charge is 0.348 e. The van der Waals surface area contributed by atoms with Gasteiger partial charge in [0.15, 0.2) is 9.84 Å². The van der Waals surface area contributed by atoms with E-state index < -0.39 is 21.1 Å². The molecule has 86 valence electrons. The molecule has 0 aliphatic carbocycles. The van der Waals surface area contributed by atoms with E-state index >= 15 is 0 Å². The van der Waals surface area contributed by atoms with E-state index in [9.17, 15) is 13.2 Å². The summed E-state index contributed by atoms with van der Waals surface area (Å²) in [5.41, 5.74) is 0. The summed E-state index contributed by atoms with van der Waals surface area (Å²) in [6, 6.07) is -0.407. The van der Waals surface area contributed by atoms with Crippen molar-refractivity contribution in [2.45, 2.75) is 25.1 Å². The van der Waals surface area contributed by atoms with Gasteiger partial charge < -0.3 is 5.32 Å². The van der Waals surface area contributed by atoms with Crippen LogP contribution < -0.4 is 5.32 Å². The lowest BCUT2D eigenvalue weighted by atomic mass is 10.1. The summed E-state index contributed by atoms with van der Waals surface area (Å²) in [5.74, 6) is -0.146. The number of hydrogen-bond acceptors (Lipinski definition) is 4. The topological polar surface area (TPSA) is 63.2 Å². The second-order valence-corrected chi connectivity index (χ2v) is 6.45. The molecule has 0 spiro atoms. The first-order valence-corrected chi connectivity index (χ1v) is 6.94. The molecule has 2 atom stereocenters. The molecule has 0 saturated carbocycles. The molecule has 1 N–H and O–H groups in total. The Balaban J connectivity index is 2.52. The Morgan fingerprint density at radius 2 is 2.13 bits per heavy atom. The summed E-state index contributed by atoms with van der Waals surface area (Å²) < 4.78 is 22.1. The van der Waals surface area contributed by atoms with E-state index in [4.69, 9.17) is 0 Å². The Morgan fingerprint density at radius 3 is 2.53 bits per heavy atom. The molecule has 1 aliphatic heterocycles. The van der Waals surface area contributed by atoms with Crippen molar-refractivity contribution in [3.8, 4) is 0 Å². The minimum Gasteiger partial charge on any atom is -0.348 e. The van der Waals surface area contributed by atoms with E-state index in [-0.39, 0.29) is 17.6 Å². The second kappa shape index (κ2) is 4.57. The van der Waals surface area contributed by atoms with Gasteiger partial charge in [0.05, 0.1) is 17.0 Å². The number of amides is 1. The molecule has 0 radical (unpaired) electrons. The van der Waals surface area contributed by atoms with Crippen molar-refractivity contribution in [1.82, 2.24) is 5.32 Å². The number of carbonyl (C=O) groups is 1. The van der Waals surface area contributed by atoms with Crippen molar-refractivity contribution in [3.63, 3.8) is 0 Å². The number of rotatable bonds is 3. The Kier molecular flexibility index (Phi) is 3.83. The SMILES string of the molecule is CC(C)C(S)C(=O)NC1C=CS(=O)(=O)C1. The molecule has 0 bridgehead atoms. The van der Waals surface area contributed by atoms with Crippen LogP contribution in [0, 0.1) is 5.92 Å². The number of carbonyl (C=O) groups excluding carboxylic acids is 1. The van der Waals surface area contributed by atoms with Crippen molar-refractivity contribution in [1.29, 1.82) is 0 Å². The lowest BCUT2D eigenvalue weighted by Gasteiger charge is -2.17. The van der Waals surface area contributed by atoms with Gasteiger partial charge in [0.2, 0.25) is 5.91 Å². The molecule has 0 aromatic carbocycles. The third-order valence-corrected chi connectivity index (χ3v) is 4.38. The van der Waals surface area contributed by atoms with Gasteiger partial charge in [0.25, 0.3) is 0 Å². The Labute approximate surface area is 95.5 Å². The fourth-order valence-electron chi connectivity index (χ4n) is 1.24. The van der Waals surface area contributed by atoms with Crippen molar-refractivity contribution in [2.75, 3.05) is 5.75 Å². The zero-order valence-electron chi connectivity index (χ0n) is 8.67. The average molecular weight is 249 g/mol. The minimum atomic E-state index is -3.11. The third kappa shape index (κ3) is 3.53. The molecule has 0 aromatic heterocycles. The molecule has 4 nitrogen and oxygen atoms in total. The van der Waals surface area contributed by atoms with Crippen LogP contribution in [0.2, 0.25) is 0 Å². The van der Waals surface area contributed by atoms with Gasteiger partial charge in [0.1, 0.15) is 0 Å². The molecule has 1 rings (SSSR count). The van der Waals surface area contributed by atoms with Crippen LogP contribution in [0.5, 0.6) is 0 Å². The lowest BCUT2D eigenvalue weighted by Crippen LogP contribution is -2.41. The quantitative estimate of drug-likeness (QED) is 0.710. The average Bonchev–Trinajstić information content (AvgIpc) is 2.43. The van der Waals surface area contributed by atoms with Crippen LogP contribution in [0.4, 0.5) is 0 Å². The van der Waals surface area contributed by atoms with Crippen LogP contribution in [0.25, 0.3) is 0 Å². The summed E-state index contributed by atoms with van der Waals surface area (Å²) in [6.45, 7) is 3.77. The standard InChI is InChI=1S/C9H15NO3S2/c1-6(2)8(14)9(11)10-7-3-4-15(12,13)5-7/h3-4,6-8,14H,5H2,1-2H3,(H,10,11). The van der Waals surface area contributed by atoms with Crippen LogP contribution >= 0.6 is 12.6 Å². The van der Waals surface area contributed by atoms with Gasteiger partial charge in [-0.05, 0) is 12.0 Å². The summed E-state index contributed by atoms with van der Waals surface area (Å²) in [7, 11) is -3.11. The minimum absolute atomic E-state index is 0.0443. The Bertz CT molecular complexity index is 373. The first-order valence-electron chi connectivity index (χ1n) is 4.71. The molecular formula is C9H15NO3S2. The zero-order valence-corrected chi connectivity index (χ0v) is 10.4. The maximum Gasteiger partial charge on any atom is 0.233 e. The van der Waals surface area contributed by atoms with E-state index in [1.807, 2.05) is 13.8 Å². The molecule has 1 amide bonds. The van der Waals surface area contributed by atoms with E-state index in [2.05, 4.69) is 17.9 Å². The molecule has 0 saturated heterocycles.